The summed E-state index contributed by atoms with van der Waals surface area (Å²) in [5, 5.41) is 0. The van der Waals surface area contributed by atoms with E-state index in [0.29, 0.717) is 0 Å². The SMILES string of the molecule is CCCCCCCCCCC(C(N)=O)=C(C)c1ccc(OCOC)cc1. The molecule has 0 fully saturated rings. The number of hydrogen-bond acceptors (Lipinski definition) is 3. The normalized spacial score (nSPS) is 12.0. The van der Waals surface area contributed by atoms with E-state index in [1.807, 2.05) is 31.2 Å². The number of amides is 1. The number of benzene rings is 1. The van der Waals surface area contributed by atoms with E-state index in [9.17, 15) is 4.79 Å². The average Bonchev–Trinajstić information content (AvgIpc) is 2.65. The Bertz CT molecular complexity index is 549. The average molecular weight is 362 g/mol. The van der Waals surface area contributed by atoms with Crippen molar-refractivity contribution in [1.82, 2.24) is 0 Å². The quantitative estimate of drug-likeness (QED) is 0.272. The van der Waals surface area contributed by atoms with Crippen LogP contribution in [0.5, 0.6) is 5.75 Å². The standard InChI is InChI=1S/C22H35NO3/c1-4-5-6-7-8-9-10-11-12-21(22(23)24)18(2)19-13-15-20(16-14-19)26-17-25-3/h13-16H,4-12,17H2,1-3H3,(H2,23,24). The van der Waals surface area contributed by atoms with Crippen LogP contribution in [0, 0.1) is 0 Å². The number of allylic oxidation sites excluding steroid dienone is 1. The Hall–Kier alpha value is -1.81. The van der Waals surface area contributed by atoms with Crippen LogP contribution in [0.4, 0.5) is 0 Å². The molecule has 0 aromatic heterocycles. The van der Waals surface area contributed by atoms with Crippen molar-refractivity contribution in [3.63, 3.8) is 0 Å². The Kier molecular flexibility index (Phi) is 11.5. The van der Waals surface area contributed by atoms with Gasteiger partial charge < -0.3 is 15.2 Å². The molecule has 0 unspecified atom stereocenters. The largest absolute Gasteiger partial charge is 0.468 e. The number of nitrogens with two attached hydrogens (primary N) is 1. The zero-order valence-corrected chi connectivity index (χ0v) is 16.7. The Labute approximate surface area is 158 Å². The van der Waals surface area contributed by atoms with Gasteiger partial charge in [-0.25, -0.2) is 0 Å². The van der Waals surface area contributed by atoms with Crippen LogP contribution in [0.2, 0.25) is 0 Å². The first-order chi connectivity index (χ1) is 12.6. The molecule has 4 heteroatoms. The van der Waals surface area contributed by atoms with Gasteiger partial charge in [0.15, 0.2) is 6.79 Å². The fourth-order valence-electron chi connectivity index (χ4n) is 3.03. The van der Waals surface area contributed by atoms with Crippen molar-refractivity contribution < 1.29 is 14.3 Å². The molecule has 0 atom stereocenters. The molecule has 0 aliphatic carbocycles. The zero-order valence-electron chi connectivity index (χ0n) is 16.7. The Morgan fingerprint density at radius 1 is 0.962 bits per heavy atom. The van der Waals surface area contributed by atoms with Gasteiger partial charge in [-0.2, -0.15) is 0 Å². The van der Waals surface area contributed by atoms with Crippen LogP contribution in [0.3, 0.4) is 0 Å². The van der Waals surface area contributed by atoms with E-state index in [-0.39, 0.29) is 12.7 Å². The van der Waals surface area contributed by atoms with E-state index in [1.54, 1.807) is 7.11 Å². The predicted molar refractivity (Wildman–Crippen MR) is 108 cm³/mol. The summed E-state index contributed by atoms with van der Waals surface area (Å²) in [5.74, 6) is 0.428. The van der Waals surface area contributed by atoms with Crippen molar-refractivity contribution in [2.24, 2.45) is 5.73 Å². The lowest BCUT2D eigenvalue weighted by Crippen LogP contribution is -2.15. The molecule has 1 aromatic rings. The number of hydrogen-bond donors (Lipinski definition) is 1. The van der Waals surface area contributed by atoms with Gasteiger partial charge in [0.25, 0.3) is 0 Å². The maximum atomic E-state index is 11.9. The van der Waals surface area contributed by atoms with Gasteiger partial charge in [0.05, 0.1) is 0 Å². The predicted octanol–water partition coefficient (Wildman–Crippen LogP) is 5.46. The summed E-state index contributed by atoms with van der Waals surface area (Å²) in [6.45, 7) is 4.43. The molecule has 0 radical (unpaired) electrons. The molecule has 26 heavy (non-hydrogen) atoms. The van der Waals surface area contributed by atoms with Crippen LogP contribution in [0.15, 0.2) is 29.8 Å². The minimum atomic E-state index is -0.315. The van der Waals surface area contributed by atoms with Gasteiger partial charge in [0, 0.05) is 12.7 Å². The fourth-order valence-corrected chi connectivity index (χ4v) is 3.03. The summed E-state index contributed by atoms with van der Waals surface area (Å²) in [7, 11) is 1.59. The molecule has 1 rings (SSSR count). The van der Waals surface area contributed by atoms with E-state index in [4.69, 9.17) is 15.2 Å². The van der Waals surface area contributed by atoms with Crippen molar-refractivity contribution in [2.45, 2.75) is 71.6 Å². The summed E-state index contributed by atoms with van der Waals surface area (Å²) in [4.78, 5) is 11.9. The molecule has 1 amide bonds. The third-order valence-electron chi connectivity index (χ3n) is 4.66. The highest BCUT2D eigenvalue weighted by atomic mass is 16.7. The van der Waals surface area contributed by atoms with Crippen LogP contribution in [0.25, 0.3) is 5.57 Å². The van der Waals surface area contributed by atoms with Gasteiger partial charge in [0.1, 0.15) is 5.75 Å². The van der Waals surface area contributed by atoms with Crippen molar-refractivity contribution in [3.8, 4) is 5.75 Å². The smallest absolute Gasteiger partial charge is 0.244 e. The van der Waals surface area contributed by atoms with Crippen LogP contribution in [-0.2, 0) is 9.53 Å². The second-order valence-electron chi connectivity index (χ2n) is 6.77. The monoisotopic (exact) mass is 361 g/mol. The lowest BCUT2D eigenvalue weighted by molar-refractivity contribution is -0.114. The van der Waals surface area contributed by atoms with Crippen molar-refractivity contribution in [1.29, 1.82) is 0 Å². The number of rotatable bonds is 14. The molecular formula is C22H35NO3. The second-order valence-corrected chi connectivity index (χ2v) is 6.77. The lowest BCUT2D eigenvalue weighted by atomic mass is 9.96. The first kappa shape index (κ1) is 22.2. The molecule has 2 N–H and O–H groups in total. The Morgan fingerprint density at radius 3 is 2.08 bits per heavy atom. The molecule has 0 saturated carbocycles. The molecule has 0 aliphatic heterocycles. The van der Waals surface area contributed by atoms with Gasteiger partial charge in [0.2, 0.25) is 5.91 Å². The summed E-state index contributed by atoms with van der Waals surface area (Å²) >= 11 is 0. The third-order valence-corrected chi connectivity index (χ3v) is 4.66. The number of unbranched alkanes of at least 4 members (excludes halogenated alkanes) is 7. The Morgan fingerprint density at radius 2 is 1.54 bits per heavy atom. The van der Waals surface area contributed by atoms with E-state index >= 15 is 0 Å². The highest BCUT2D eigenvalue weighted by Crippen LogP contribution is 2.24. The van der Waals surface area contributed by atoms with Crippen LogP contribution < -0.4 is 10.5 Å². The highest BCUT2D eigenvalue weighted by molar-refractivity contribution is 5.99. The van der Waals surface area contributed by atoms with Gasteiger partial charge in [-0.15, -0.1) is 0 Å². The van der Waals surface area contributed by atoms with Gasteiger partial charge in [-0.1, -0.05) is 64.0 Å². The van der Waals surface area contributed by atoms with Crippen LogP contribution in [-0.4, -0.2) is 19.8 Å². The number of carbonyl (C=O) groups excluding carboxylic acids is 1. The Balaban J connectivity index is 2.53. The minimum Gasteiger partial charge on any atom is -0.468 e. The van der Waals surface area contributed by atoms with E-state index in [0.717, 1.165) is 41.7 Å². The van der Waals surface area contributed by atoms with Crippen molar-refractivity contribution in [3.05, 3.63) is 35.4 Å². The summed E-state index contributed by atoms with van der Waals surface area (Å²) in [6.07, 6.45) is 10.7. The molecule has 0 bridgehead atoms. The van der Waals surface area contributed by atoms with Gasteiger partial charge >= 0.3 is 0 Å². The minimum absolute atomic E-state index is 0.221. The molecule has 0 heterocycles. The zero-order chi connectivity index (χ0) is 19.2. The number of carbonyl (C=O) groups is 1. The van der Waals surface area contributed by atoms with E-state index in [2.05, 4.69) is 6.92 Å². The van der Waals surface area contributed by atoms with E-state index < -0.39 is 0 Å². The topological polar surface area (TPSA) is 61.6 Å². The molecule has 146 valence electrons. The maximum Gasteiger partial charge on any atom is 0.244 e. The molecular weight excluding hydrogens is 326 g/mol. The molecule has 0 aliphatic rings. The fraction of sp³-hybridized carbons (Fsp3) is 0.591. The first-order valence-corrected chi connectivity index (χ1v) is 9.81. The molecule has 0 saturated heterocycles. The second kappa shape index (κ2) is 13.4. The third kappa shape index (κ3) is 8.52. The number of ether oxygens (including phenoxy) is 2. The first-order valence-electron chi connectivity index (χ1n) is 9.81. The van der Waals surface area contributed by atoms with Gasteiger partial charge in [-0.05, 0) is 43.0 Å². The summed E-state index contributed by atoms with van der Waals surface area (Å²) in [6, 6.07) is 7.67. The maximum absolute atomic E-state index is 11.9. The van der Waals surface area contributed by atoms with Gasteiger partial charge in [-0.3, -0.25) is 4.79 Å². The molecule has 4 nitrogen and oxygen atoms in total. The number of methoxy groups -OCH3 is 1. The molecule has 1 aromatic carbocycles. The lowest BCUT2D eigenvalue weighted by Gasteiger charge is -2.11. The van der Waals surface area contributed by atoms with E-state index in [1.165, 1.54) is 38.5 Å². The summed E-state index contributed by atoms with van der Waals surface area (Å²) < 4.78 is 10.3. The number of primary amides is 1. The highest BCUT2D eigenvalue weighted by Gasteiger charge is 2.11. The van der Waals surface area contributed by atoms with Crippen LogP contribution in [0.1, 0.15) is 77.2 Å². The van der Waals surface area contributed by atoms with Crippen LogP contribution >= 0.6 is 0 Å². The van der Waals surface area contributed by atoms with Crippen molar-refractivity contribution >= 4 is 11.5 Å². The van der Waals surface area contributed by atoms with Crippen molar-refractivity contribution in [2.75, 3.05) is 13.9 Å². The molecule has 0 spiro atoms. The summed E-state index contributed by atoms with van der Waals surface area (Å²) in [5.41, 5.74) is 8.33.